The van der Waals surface area contributed by atoms with Gasteiger partial charge in [-0.2, -0.15) is 0 Å². The first-order chi connectivity index (χ1) is 12.3. The van der Waals surface area contributed by atoms with Gasteiger partial charge in [0.05, 0.1) is 0 Å². The summed E-state index contributed by atoms with van der Waals surface area (Å²) in [6, 6.07) is 8.77. The Morgan fingerprint density at radius 3 is 2.50 bits per heavy atom. The average Bonchev–Trinajstić information content (AvgIpc) is 2.62. The fourth-order valence-electron chi connectivity index (χ4n) is 2.18. The first-order valence-corrected chi connectivity index (χ1v) is 7.71. The van der Waals surface area contributed by atoms with Crippen molar-refractivity contribution >= 4 is 0 Å². The van der Waals surface area contributed by atoms with Crippen molar-refractivity contribution in [3.05, 3.63) is 83.9 Å². The minimum atomic E-state index is -4.73. The Morgan fingerprint density at radius 1 is 1.27 bits per heavy atom. The molecule has 1 aromatic carbocycles. The second-order valence-corrected chi connectivity index (χ2v) is 5.35. The number of alkyl halides is 3. The molecule has 0 spiro atoms. The minimum Gasteiger partial charge on any atom is -0.489 e. The van der Waals surface area contributed by atoms with Crippen molar-refractivity contribution in [2.24, 2.45) is 0 Å². The molecule has 1 aromatic heterocycles. The third kappa shape index (κ3) is 5.63. The molecule has 0 radical (unpaired) electrons. The third-order valence-electron chi connectivity index (χ3n) is 3.46. The van der Waals surface area contributed by atoms with Gasteiger partial charge in [-0.15, -0.1) is 13.2 Å². The number of rotatable bonds is 7. The molecule has 0 saturated heterocycles. The van der Waals surface area contributed by atoms with Gasteiger partial charge in [-0.05, 0) is 36.8 Å². The van der Waals surface area contributed by atoms with Gasteiger partial charge >= 0.3 is 6.36 Å². The van der Waals surface area contributed by atoms with Gasteiger partial charge in [-0.3, -0.25) is 4.98 Å². The highest BCUT2D eigenvalue weighted by atomic mass is 19.4. The van der Waals surface area contributed by atoms with E-state index in [0.717, 1.165) is 0 Å². The lowest BCUT2D eigenvalue weighted by molar-refractivity contribution is -0.274. The van der Waals surface area contributed by atoms with Crippen LogP contribution in [0, 0.1) is 0 Å². The molecule has 26 heavy (non-hydrogen) atoms. The fraction of sp³-hybridized carbons (Fsp3) is 0.211. The number of benzene rings is 1. The standard InChI is InChI=1S/C19H18F3NO3/c1-3-17(13(2)18(24)15-5-4-10-23-11-15)25-12-14-6-8-16(9-7-14)26-19(20,21)22/h3-11,18,24H,2,12H2,1H3/b17-3-. The summed E-state index contributed by atoms with van der Waals surface area (Å²) in [5.41, 5.74) is 1.58. The highest BCUT2D eigenvalue weighted by Crippen LogP contribution is 2.27. The smallest absolute Gasteiger partial charge is 0.489 e. The summed E-state index contributed by atoms with van der Waals surface area (Å²) in [6.07, 6.45) is -0.919. The number of hydrogen-bond donors (Lipinski definition) is 1. The summed E-state index contributed by atoms with van der Waals surface area (Å²) in [4.78, 5) is 3.95. The number of nitrogens with zero attached hydrogens (tertiary/aromatic N) is 1. The Morgan fingerprint density at radius 2 is 1.96 bits per heavy atom. The van der Waals surface area contributed by atoms with Crippen LogP contribution in [-0.2, 0) is 11.3 Å². The van der Waals surface area contributed by atoms with Crippen molar-refractivity contribution in [3.63, 3.8) is 0 Å². The lowest BCUT2D eigenvalue weighted by Gasteiger charge is -2.18. The zero-order valence-corrected chi connectivity index (χ0v) is 14.0. The molecule has 0 aliphatic carbocycles. The van der Waals surface area contributed by atoms with Gasteiger partial charge in [0, 0.05) is 23.5 Å². The number of hydrogen-bond acceptors (Lipinski definition) is 4. The van der Waals surface area contributed by atoms with Crippen molar-refractivity contribution < 1.29 is 27.8 Å². The van der Waals surface area contributed by atoms with E-state index in [2.05, 4.69) is 16.3 Å². The van der Waals surface area contributed by atoms with Crippen LogP contribution in [0.15, 0.2) is 72.8 Å². The van der Waals surface area contributed by atoms with Gasteiger partial charge < -0.3 is 14.6 Å². The Hall–Kier alpha value is -2.80. The van der Waals surface area contributed by atoms with Crippen LogP contribution < -0.4 is 4.74 Å². The van der Waals surface area contributed by atoms with Crippen LogP contribution in [0.1, 0.15) is 24.2 Å². The molecule has 0 aliphatic rings. The van der Waals surface area contributed by atoms with Crippen molar-refractivity contribution in [2.45, 2.75) is 26.0 Å². The Bertz CT molecular complexity index is 756. The normalized spacial score (nSPS) is 13.2. The zero-order chi connectivity index (χ0) is 19.2. The number of aliphatic hydroxyl groups excluding tert-OH is 1. The first-order valence-electron chi connectivity index (χ1n) is 7.71. The predicted octanol–water partition coefficient (Wildman–Crippen LogP) is 4.69. The molecule has 0 aliphatic heterocycles. The van der Waals surface area contributed by atoms with Crippen LogP contribution in [0.25, 0.3) is 0 Å². The van der Waals surface area contributed by atoms with Crippen molar-refractivity contribution in [1.29, 1.82) is 0 Å². The zero-order valence-electron chi connectivity index (χ0n) is 14.0. The van der Waals surface area contributed by atoms with E-state index in [0.29, 0.717) is 22.5 Å². The predicted molar refractivity (Wildman–Crippen MR) is 90.0 cm³/mol. The molecule has 0 saturated carbocycles. The second-order valence-electron chi connectivity index (χ2n) is 5.35. The molecule has 1 unspecified atom stereocenters. The van der Waals surface area contributed by atoms with Crippen LogP contribution in [0.5, 0.6) is 5.75 Å². The summed E-state index contributed by atoms with van der Waals surface area (Å²) >= 11 is 0. The lowest BCUT2D eigenvalue weighted by atomic mass is 10.0. The summed E-state index contributed by atoms with van der Waals surface area (Å²) < 4.78 is 45.9. The average molecular weight is 365 g/mol. The number of ether oxygens (including phenoxy) is 2. The summed E-state index contributed by atoms with van der Waals surface area (Å²) in [5, 5.41) is 10.3. The van der Waals surface area contributed by atoms with E-state index >= 15 is 0 Å². The van der Waals surface area contributed by atoms with Gasteiger partial charge in [0.15, 0.2) is 0 Å². The molecule has 1 atom stereocenters. The molecule has 1 heterocycles. The molecular formula is C19H18F3NO3. The van der Waals surface area contributed by atoms with Crippen LogP contribution in [-0.4, -0.2) is 16.5 Å². The SMILES string of the molecule is C=C(/C(=C/C)OCc1ccc(OC(F)(F)F)cc1)C(O)c1cccnc1. The maximum atomic E-state index is 12.2. The molecule has 138 valence electrons. The number of pyridine rings is 1. The number of aromatic nitrogens is 1. The topological polar surface area (TPSA) is 51.6 Å². The van der Waals surface area contributed by atoms with Gasteiger partial charge in [0.25, 0.3) is 0 Å². The highest BCUT2D eigenvalue weighted by molar-refractivity contribution is 5.33. The van der Waals surface area contributed by atoms with Crippen LogP contribution in [0.4, 0.5) is 13.2 Å². The molecule has 0 amide bonds. The van der Waals surface area contributed by atoms with Crippen LogP contribution in [0.2, 0.25) is 0 Å². The van der Waals surface area contributed by atoms with Crippen molar-refractivity contribution in [2.75, 3.05) is 0 Å². The van der Waals surface area contributed by atoms with Crippen LogP contribution >= 0.6 is 0 Å². The molecule has 0 fully saturated rings. The number of allylic oxidation sites excluding steroid dienone is 1. The molecular weight excluding hydrogens is 347 g/mol. The highest BCUT2D eigenvalue weighted by Gasteiger charge is 2.30. The van der Waals surface area contributed by atoms with E-state index in [1.807, 2.05) is 0 Å². The summed E-state index contributed by atoms with van der Waals surface area (Å²) in [7, 11) is 0. The maximum absolute atomic E-state index is 12.2. The molecule has 2 aromatic rings. The molecule has 1 N–H and O–H groups in total. The number of aliphatic hydroxyl groups is 1. The molecule has 2 rings (SSSR count). The summed E-state index contributed by atoms with van der Waals surface area (Å²) in [5.74, 6) is 0.0842. The van der Waals surface area contributed by atoms with Gasteiger partial charge in [0.2, 0.25) is 0 Å². The summed E-state index contributed by atoms with van der Waals surface area (Å²) in [6.45, 7) is 5.69. The van der Waals surface area contributed by atoms with E-state index in [1.54, 1.807) is 31.3 Å². The number of halogens is 3. The lowest BCUT2D eigenvalue weighted by Crippen LogP contribution is -2.17. The van der Waals surface area contributed by atoms with E-state index in [1.165, 1.54) is 30.5 Å². The minimum absolute atomic E-state index is 0.102. The van der Waals surface area contributed by atoms with E-state index in [4.69, 9.17) is 4.74 Å². The van der Waals surface area contributed by atoms with E-state index in [-0.39, 0.29) is 12.4 Å². The Labute approximate surface area is 149 Å². The molecule has 0 bridgehead atoms. The molecule has 4 nitrogen and oxygen atoms in total. The largest absolute Gasteiger partial charge is 0.573 e. The van der Waals surface area contributed by atoms with Gasteiger partial charge in [-0.1, -0.05) is 24.8 Å². The molecule has 7 heteroatoms. The van der Waals surface area contributed by atoms with Crippen LogP contribution in [0.3, 0.4) is 0 Å². The van der Waals surface area contributed by atoms with Crippen molar-refractivity contribution in [3.8, 4) is 5.75 Å². The maximum Gasteiger partial charge on any atom is 0.573 e. The first kappa shape index (κ1) is 19.5. The van der Waals surface area contributed by atoms with Gasteiger partial charge in [-0.25, -0.2) is 0 Å². The van der Waals surface area contributed by atoms with E-state index < -0.39 is 12.5 Å². The van der Waals surface area contributed by atoms with E-state index in [9.17, 15) is 18.3 Å². The Balaban J connectivity index is 1.97. The third-order valence-corrected chi connectivity index (χ3v) is 3.46. The Kier molecular flexibility index (Phi) is 6.41. The van der Waals surface area contributed by atoms with Gasteiger partial charge in [0.1, 0.15) is 24.2 Å². The van der Waals surface area contributed by atoms with Crippen molar-refractivity contribution in [1.82, 2.24) is 4.98 Å². The fourth-order valence-corrected chi connectivity index (χ4v) is 2.18. The second kappa shape index (κ2) is 8.53. The quantitative estimate of drug-likeness (QED) is 0.571. The monoisotopic (exact) mass is 365 g/mol.